The number of benzene rings is 1. The summed E-state index contributed by atoms with van der Waals surface area (Å²) in [5.74, 6) is -0.496. The number of H-pyrrole nitrogens is 1. The minimum absolute atomic E-state index is 0.171. The number of rotatable bonds is 3. The van der Waals surface area contributed by atoms with Crippen LogP contribution in [0.4, 0.5) is 0 Å². The molecule has 7 heteroatoms. The van der Waals surface area contributed by atoms with Crippen LogP contribution < -0.4 is 0 Å². The first-order chi connectivity index (χ1) is 9.70. The van der Waals surface area contributed by atoms with E-state index in [1.807, 2.05) is 31.4 Å². The van der Waals surface area contributed by atoms with E-state index in [1.165, 1.54) is 0 Å². The van der Waals surface area contributed by atoms with Gasteiger partial charge in [-0.2, -0.15) is 15.4 Å². The minimum Gasteiger partial charge on any atom is -0.461 e. The Morgan fingerprint density at radius 1 is 1.40 bits per heavy atom. The lowest BCUT2D eigenvalue weighted by molar-refractivity contribution is 0.0520. The highest BCUT2D eigenvalue weighted by Gasteiger charge is 2.21. The van der Waals surface area contributed by atoms with Crippen molar-refractivity contribution in [3.63, 3.8) is 0 Å². The zero-order valence-corrected chi connectivity index (χ0v) is 11.1. The third kappa shape index (κ3) is 1.93. The van der Waals surface area contributed by atoms with Crippen LogP contribution in [0.3, 0.4) is 0 Å². The van der Waals surface area contributed by atoms with E-state index in [2.05, 4.69) is 20.5 Å². The first-order valence-corrected chi connectivity index (χ1v) is 6.21. The average molecular weight is 271 g/mol. The Labute approximate surface area is 114 Å². The molecule has 0 spiro atoms. The summed E-state index contributed by atoms with van der Waals surface area (Å²) in [4.78, 5) is 11.9. The van der Waals surface area contributed by atoms with Gasteiger partial charge in [0.15, 0.2) is 5.69 Å². The number of aromatic nitrogens is 5. The zero-order chi connectivity index (χ0) is 14.1. The number of nitrogens with one attached hydrogen (secondary N) is 1. The van der Waals surface area contributed by atoms with E-state index in [-0.39, 0.29) is 5.69 Å². The molecule has 0 radical (unpaired) electrons. The number of aromatic amines is 1. The number of carbonyl (C=O) groups is 1. The van der Waals surface area contributed by atoms with Gasteiger partial charge in [-0.05, 0) is 6.92 Å². The van der Waals surface area contributed by atoms with Gasteiger partial charge in [-0.1, -0.05) is 18.2 Å². The number of aryl methyl sites for hydroxylation is 1. The average Bonchev–Trinajstić information content (AvgIpc) is 3.03. The quantitative estimate of drug-likeness (QED) is 0.730. The third-order valence-corrected chi connectivity index (χ3v) is 2.92. The highest BCUT2D eigenvalue weighted by atomic mass is 16.5. The van der Waals surface area contributed by atoms with Crippen LogP contribution in [0, 0.1) is 0 Å². The Morgan fingerprint density at radius 2 is 2.25 bits per heavy atom. The van der Waals surface area contributed by atoms with Crippen molar-refractivity contribution in [2.24, 2.45) is 7.05 Å². The van der Waals surface area contributed by atoms with Crippen molar-refractivity contribution in [1.29, 1.82) is 0 Å². The maximum Gasteiger partial charge on any atom is 0.361 e. The number of esters is 1. The van der Waals surface area contributed by atoms with Gasteiger partial charge < -0.3 is 4.74 Å². The van der Waals surface area contributed by atoms with Crippen LogP contribution >= 0.6 is 0 Å². The fourth-order valence-electron chi connectivity index (χ4n) is 2.12. The van der Waals surface area contributed by atoms with Crippen molar-refractivity contribution in [2.45, 2.75) is 6.92 Å². The van der Waals surface area contributed by atoms with Crippen molar-refractivity contribution in [1.82, 2.24) is 25.2 Å². The fourth-order valence-corrected chi connectivity index (χ4v) is 2.12. The van der Waals surface area contributed by atoms with E-state index < -0.39 is 5.97 Å². The fraction of sp³-hybridized carbons (Fsp3) is 0.231. The number of hydrogen-bond donors (Lipinski definition) is 1. The van der Waals surface area contributed by atoms with Crippen LogP contribution in [0.25, 0.3) is 22.2 Å². The second kappa shape index (κ2) is 4.76. The van der Waals surface area contributed by atoms with Gasteiger partial charge in [-0.15, -0.1) is 5.10 Å². The molecule has 20 heavy (non-hydrogen) atoms. The molecule has 102 valence electrons. The lowest BCUT2D eigenvalue weighted by Crippen LogP contribution is -2.06. The Bertz CT molecular complexity index is 774. The molecular weight excluding hydrogens is 258 g/mol. The summed E-state index contributed by atoms with van der Waals surface area (Å²) >= 11 is 0. The molecular formula is C13H13N5O2. The number of fused-ring (bicyclic) bond motifs is 1. The molecule has 3 rings (SSSR count). The smallest absolute Gasteiger partial charge is 0.361 e. The molecule has 0 aliphatic heterocycles. The first-order valence-electron chi connectivity index (χ1n) is 6.21. The van der Waals surface area contributed by atoms with Gasteiger partial charge in [-0.3, -0.25) is 4.68 Å². The summed E-state index contributed by atoms with van der Waals surface area (Å²) < 4.78 is 6.70. The summed E-state index contributed by atoms with van der Waals surface area (Å²) in [6.07, 6.45) is 1.91. The lowest BCUT2D eigenvalue weighted by Gasteiger charge is -2.01. The normalized spacial score (nSPS) is 10.9. The second-order valence-electron chi connectivity index (χ2n) is 4.29. The largest absolute Gasteiger partial charge is 0.461 e. The predicted octanol–water partition coefficient (Wildman–Crippen LogP) is 1.54. The number of nitrogens with zero attached hydrogens (tertiary/aromatic N) is 4. The Kier molecular flexibility index (Phi) is 2.94. The summed E-state index contributed by atoms with van der Waals surface area (Å²) in [5.41, 5.74) is 2.15. The molecule has 0 atom stereocenters. The van der Waals surface area contributed by atoms with Crippen LogP contribution in [0.2, 0.25) is 0 Å². The predicted molar refractivity (Wildman–Crippen MR) is 72.0 cm³/mol. The van der Waals surface area contributed by atoms with E-state index >= 15 is 0 Å². The van der Waals surface area contributed by atoms with E-state index in [0.29, 0.717) is 12.3 Å². The molecule has 0 amide bonds. The molecule has 0 bridgehead atoms. The van der Waals surface area contributed by atoms with E-state index in [9.17, 15) is 4.79 Å². The van der Waals surface area contributed by atoms with Gasteiger partial charge in [0, 0.05) is 24.2 Å². The van der Waals surface area contributed by atoms with Crippen LogP contribution in [-0.2, 0) is 11.8 Å². The zero-order valence-electron chi connectivity index (χ0n) is 11.1. The molecule has 1 aromatic carbocycles. The number of ether oxygens (including phenoxy) is 1. The number of carbonyl (C=O) groups excluding carboxylic acids is 1. The third-order valence-electron chi connectivity index (χ3n) is 2.92. The van der Waals surface area contributed by atoms with Gasteiger partial charge in [0.05, 0.1) is 6.61 Å². The van der Waals surface area contributed by atoms with Gasteiger partial charge >= 0.3 is 5.97 Å². The Hall–Kier alpha value is -2.70. The summed E-state index contributed by atoms with van der Waals surface area (Å²) in [6.45, 7) is 2.04. The van der Waals surface area contributed by atoms with Crippen molar-refractivity contribution in [3.05, 3.63) is 30.1 Å². The van der Waals surface area contributed by atoms with E-state index in [4.69, 9.17) is 4.74 Å². The molecule has 1 N–H and O–H groups in total. The minimum atomic E-state index is -0.496. The van der Waals surface area contributed by atoms with Gasteiger partial charge in [0.25, 0.3) is 0 Å². The maximum atomic E-state index is 11.9. The molecule has 0 saturated carbocycles. The molecule has 0 aliphatic carbocycles. The molecule has 0 unspecified atom stereocenters. The van der Waals surface area contributed by atoms with Crippen LogP contribution in [0.15, 0.2) is 24.4 Å². The molecule has 2 aromatic heterocycles. The summed E-state index contributed by atoms with van der Waals surface area (Å²) in [7, 11) is 1.85. The summed E-state index contributed by atoms with van der Waals surface area (Å²) in [6, 6.07) is 5.70. The topological polar surface area (TPSA) is 85.7 Å². The maximum absolute atomic E-state index is 11.9. The monoisotopic (exact) mass is 271 g/mol. The molecule has 0 fully saturated rings. The van der Waals surface area contributed by atoms with E-state index in [1.54, 1.807) is 11.6 Å². The standard InChI is InChI=1S/C13H13N5O2/c1-3-20-13(19)12-11(14-17-15-12)9-6-4-5-8-7-18(2)16-10(8)9/h4-7H,3H2,1-2H3,(H,14,15,17). The Balaban J connectivity index is 2.17. The van der Waals surface area contributed by atoms with Crippen molar-refractivity contribution < 1.29 is 9.53 Å². The van der Waals surface area contributed by atoms with Crippen molar-refractivity contribution >= 4 is 16.9 Å². The first kappa shape index (κ1) is 12.3. The van der Waals surface area contributed by atoms with Gasteiger partial charge in [0.1, 0.15) is 11.2 Å². The Morgan fingerprint density at radius 3 is 3.05 bits per heavy atom. The molecule has 3 aromatic rings. The lowest BCUT2D eigenvalue weighted by atomic mass is 10.1. The molecule has 0 aliphatic rings. The van der Waals surface area contributed by atoms with Crippen LogP contribution in [0.5, 0.6) is 0 Å². The van der Waals surface area contributed by atoms with Crippen LogP contribution in [-0.4, -0.2) is 37.8 Å². The second-order valence-corrected chi connectivity index (χ2v) is 4.29. The SMILES string of the molecule is CCOC(=O)c1n[nH]nc1-c1cccc2cn(C)nc12. The van der Waals surface area contributed by atoms with Crippen LogP contribution in [0.1, 0.15) is 17.4 Å². The highest BCUT2D eigenvalue weighted by Crippen LogP contribution is 2.27. The summed E-state index contributed by atoms with van der Waals surface area (Å²) in [5, 5.41) is 15.8. The van der Waals surface area contributed by atoms with Gasteiger partial charge in [0.2, 0.25) is 0 Å². The highest BCUT2D eigenvalue weighted by molar-refractivity contribution is 6.00. The van der Waals surface area contributed by atoms with E-state index in [0.717, 1.165) is 16.5 Å². The van der Waals surface area contributed by atoms with Crippen molar-refractivity contribution in [3.8, 4) is 11.3 Å². The molecule has 0 saturated heterocycles. The van der Waals surface area contributed by atoms with Crippen molar-refractivity contribution in [2.75, 3.05) is 6.61 Å². The number of hydrogen-bond acceptors (Lipinski definition) is 5. The molecule has 7 nitrogen and oxygen atoms in total. The van der Waals surface area contributed by atoms with Gasteiger partial charge in [-0.25, -0.2) is 4.79 Å². The molecule has 2 heterocycles.